The molecule has 2 amide bonds. The zero-order valence-electron chi connectivity index (χ0n) is 18.1. The number of ether oxygens (including phenoxy) is 1. The minimum atomic E-state index is -0.271. The highest BCUT2D eigenvalue weighted by molar-refractivity contribution is 5.95. The van der Waals surface area contributed by atoms with E-state index in [4.69, 9.17) is 4.74 Å². The summed E-state index contributed by atoms with van der Waals surface area (Å²) in [5, 5.41) is 5.65. The highest BCUT2D eigenvalue weighted by atomic mass is 16.5. The number of carbonyl (C=O) groups excluding carboxylic acids is 2. The molecule has 3 aromatic carbocycles. The minimum Gasteiger partial charge on any atom is -0.484 e. The summed E-state index contributed by atoms with van der Waals surface area (Å²) in [4.78, 5) is 24.5. The molecule has 0 fully saturated rings. The van der Waals surface area contributed by atoms with Gasteiger partial charge in [-0.05, 0) is 46.9 Å². The van der Waals surface area contributed by atoms with Crippen molar-refractivity contribution < 1.29 is 14.3 Å². The third-order valence-corrected chi connectivity index (χ3v) is 4.73. The van der Waals surface area contributed by atoms with Gasteiger partial charge in [0.15, 0.2) is 6.61 Å². The van der Waals surface area contributed by atoms with Crippen LogP contribution < -0.4 is 15.4 Å². The van der Waals surface area contributed by atoms with Gasteiger partial charge in [-0.2, -0.15) is 0 Å². The lowest BCUT2D eigenvalue weighted by molar-refractivity contribution is -0.118. The summed E-state index contributed by atoms with van der Waals surface area (Å²) in [6, 6.07) is 24.3. The Morgan fingerprint density at radius 3 is 2.00 bits per heavy atom. The number of amides is 2. The summed E-state index contributed by atoms with van der Waals surface area (Å²) in [6.45, 7) is 6.34. The van der Waals surface area contributed by atoms with Gasteiger partial charge in [0.25, 0.3) is 5.91 Å². The first kappa shape index (κ1) is 22.1. The van der Waals surface area contributed by atoms with Crippen molar-refractivity contribution in [3.8, 4) is 5.75 Å². The molecular formula is C26H28N2O3. The van der Waals surface area contributed by atoms with E-state index in [1.165, 1.54) is 5.56 Å². The maximum Gasteiger partial charge on any atom is 0.262 e. The molecule has 2 N–H and O–H groups in total. The van der Waals surface area contributed by atoms with Gasteiger partial charge in [-0.1, -0.05) is 69.3 Å². The molecule has 5 heteroatoms. The van der Waals surface area contributed by atoms with Crippen molar-refractivity contribution in [3.63, 3.8) is 0 Å². The fourth-order valence-corrected chi connectivity index (χ4v) is 3.06. The van der Waals surface area contributed by atoms with E-state index in [0.29, 0.717) is 23.5 Å². The third kappa shape index (κ3) is 7.00. The second kappa shape index (κ2) is 9.94. The SMILES string of the molecule is CC(C)(C)c1ccc(OCC(=O)Nc2cccc(NC(=O)Cc3ccccc3)c2)cc1. The van der Waals surface area contributed by atoms with Crippen LogP contribution in [0.1, 0.15) is 31.9 Å². The monoisotopic (exact) mass is 416 g/mol. The molecule has 0 aliphatic rings. The van der Waals surface area contributed by atoms with Gasteiger partial charge in [0, 0.05) is 11.4 Å². The Morgan fingerprint density at radius 1 is 0.774 bits per heavy atom. The highest BCUT2D eigenvalue weighted by Crippen LogP contribution is 2.24. The molecule has 5 nitrogen and oxygen atoms in total. The first-order valence-electron chi connectivity index (χ1n) is 10.3. The Hall–Kier alpha value is -3.60. The molecule has 0 saturated carbocycles. The van der Waals surface area contributed by atoms with Crippen LogP contribution in [-0.4, -0.2) is 18.4 Å². The number of carbonyl (C=O) groups is 2. The standard InChI is InChI=1S/C26H28N2O3/c1-26(2,3)20-12-14-23(15-13-20)31-18-25(30)28-22-11-7-10-21(17-22)27-24(29)16-19-8-5-4-6-9-19/h4-15,17H,16,18H2,1-3H3,(H,27,29)(H,28,30). The predicted octanol–water partition coefficient (Wildman–Crippen LogP) is 5.18. The summed E-state index contributed by atoms with van der Waals surface area (Å²) in [6.07, 6.45) is 0.291. The fraction of sp³-hybridized carbons (Fsp3) is 0.231. The van der Waals surface area contributed by atoms with Crippen LogP contribution >= 0.6 is 0 Å². The van der Waals surface area contributed by atoms with Crippen LogP contribution in [0.25, 0.3) is 0 Å². The number of nitrogens with one attached hydrogen (secondary N) is 2. The molecule has 0 aliphatic heterocycles. The van der Waals surface area contributed by atoms with E-state index in [2.05, 4.69) is 31.4 Å². The minimum absolute atomic E-state index is 0.0669. The number of anilines is 2. The topological polar surface area (TPSA) is 67.4 Å². The number of hydrogen-bond acceptors (Lipinski definition) is 3. The Labute approximate surface area is 183 Å². The van der Waals surface area contributed by atoms with E-state index >= 15 is 0 Å². The molecule has 0 aliphatic carbocycles. The molecule has 3 rings (SSSR count). The van der Waals surface area contributed by atoms with Gasteiger partial charge in [-0.15, -0.1) is 0 Å². The Balaban J connectivity index is 1.50. The van der Waals surface area contributed by atoms with Crippen molar-refractivity contribution in [1.82, 2.24) is 0 Å². The van der Waals surface area contributed by atoms with E-state index in [-0.39, 0.29) is 23.8 Å². The van der Waals surface area contributed by atoms with Crippen molar-refractivity contribution >= 4 is 23.2 Å². The average Bonchev–Trinajstić information content (AvgIpc) is 2.73. The maximum atomic E-state index is 12.3. The second-order valence-electron chi connectivity index (χ2n) is 8.40. The zero-order valence-corrected chi connectivity index (χ0v) is 18.1. The lowest BCUT2D eigenvalue weighted by Gasteiger charge is -2.19. The number of benzene rings is 3. The molecule has 3 aromatic rings. The highest BCUT2D eigenvalue weighted by Gasteiger charge is 2.13. The van der Waals surface area contributed by atoms with Crippen LogP contribution in [-0.2, 0) is 21.4 Å². The summed E-state index contributed by atoms with van der Waals surface area (Å²) in [5.41, 5.74) is 3.43. The maximum absolute atomic E-state index is 12.3. The summed E-state index contributed by atoms with van der Waals surface area (Å²) >= 11 is 0. The van der Waals surface area contributed by atoms with Gasteiger partial charge in [0.2, 0.25) is 5.91 Å². The molecule has 0 bridgehead atoms. The Morgan fingerprint density at radius 2 is 1.39 bits per heavy atom. The molecule has 160 valence electrons. The van der Waals surface area contributed by atoms with Crippen molar-refractivity contribution in [3.05, 3.63) is 90.0 Å². The van der Waals surface area contributed by atoms with E-state index in [1.807, 2.05) is 54.6 Å². The van der Waals surface area contributed by atoms with Gasteiger partial charge in [0.1, 0.15) is 5.75 Å². The number of hydrogen-bond donors (Lipinski definition) is 2. The Bertz CT molecular complexity index is 1020. The van der Waals surface area contributed by atoms with Gasteiger partial charge in [-0.25, -0.2) is 0 Å². The molecule has 0 spiro atoms. The molecular weight excluding hydrogens is 388 g/mol. The van der Waals surface area contributed by atoms with Gasteiger partial charge >= 0.3 is 0 Å². The molecule has 0 radical (unpaired) electrons. The van der Waals surface area contributed by atoms with Crippen molar-refractivity contribution in [2.45, 2.75) is 32.6 Å². The Kier molecular flexibility index (Phi) is 7.08. The van der Waals surface area contributed by atoms with Crippen LogP contribution in [0.15, 0.2) is 78.9 Å². The third-order valence-electron chi connectivity index (χ3n) is 4.73. The van der Waals surface area contributed by atoms with E-state index in [9.17, 15) is 9.59 Å². The lowest BCUT2D eigenvalue weighted by atomic mass is 9.87. The zero-order chi connectivity index (χ0) is 22.3. The van der Waals surface area contributed by atoms with E-state index in [1.54, 1.807) is 24.3 Å². The quantitative estimate of drug-likeness (QED) is 0.557. The first-order chi connectivity index (χ1) is 14.8. The summed E-state index contributed by atoms with van der Waals surface area (Å²) in [7, 11) is 0. The second-order valence-corrected chi connectivity index (χ2v) is 8.40. The fourth-order valence-electron chi connectivity index (χ4n) is 3.06. The lowest BCUT2D eigenvalue weighted by Crippen LogP contribution is -2.20. The molecule has 0 saturated heterocycles. The van der Waals surface area contributed by atoms with E-state index in [0.717, 1.165) is 5.56 Å². The normalized spacial score (nSPS) is 10.9. The van der Waals surface area contributed by atoms with Crippen molar-refractivity contribution in [2.24, 2.45) is 0 Å². The largest absolute Gasteiger partial charge is 0.484 e. The van der Waals surface area contributed by atoms with Crippen LogP contribution in [0.2, 0.25) is 0 Å². The predicted molar refractivity (Wildman–Crippen MR) is 124 cm³/mol. The summed E-state index contributed by atoms with van der Waals surface area (Å²) in [5.74, 6) is 0.259. The molecule has 0 heterocycles. The first-order valence-corrected chi connectivity index (χ1v) is 10.3. The summed E-state index contributed by atoms with van der Waals surface area (Å²) < 4.78 is 5.59. The van der Waals surface area contributed by atoms with Crippen molar-refractivity contribution in [2.75, 3.05) is 17.2 Å². The van der Waals surface area contributed by atoms with E-state index < -0.39 is 0 Å². The van der Waals surface area contributed by atoms with Gasteiger partial charge in [0.05, 0.1) is 6.42 Å². The average molecular weight is 417 g/mol. The number of rotatable bonds is 7. The van der Waals surface area contributed by atoms with Gasteiger partial charge < -0.3 is 15.4 Å². The molecule has 31 heavy (non-hydrogen) atoms. The van der Waals surface area contributed by atoms with Crippen LogP contribution in [0.3, 0.4) is 0 Å². The van der Waals surface area contributed by atoms with Crippen LogP contribution in [0.4, 0.5) is 11.4 Å². The van der Waals surface area contributed by atoms with Crippen molar-refractivity contribution in [1.29, 1.82) is 0 Å². The smallest absolute Gasteiger partial charge is 0.262 e. The van der Waals surface area contributed by atoms with Crippen LogP contribution in [0.5, 0.6) is 5.75 Å². The molecule has 0 unspecified atom stereocenters. The molecule has 0 atom stereocenters. The van der Waals surface area contributed by atoms with Gasteiger partial charge in [-0.3, -0.25) is 9.59 Å². The molecule has 0 aromatic heterocycles. The van der Waals surface area contributed by atoms with Crippen LogP contribution in [0, 0.1) is 0 Å².